The lowest BCUT2D eigenvalue weighted by atomic mass is 9.92. The average molecular weight is 585 g/mol. The summed E-state index contributed by atoms with van der Waals surface area (Å²) in [5.41, 5.74) is 7.60. The van der Waals surface area contributed by atoms with Crippen molar-refractivity contribution in [1.29, 1.82) is 0 Å². The van der Waals surface area contributed by atoms with Gasteiger partial charge in [-0.15, -0.1) is 12.4 Å². The van der Waals surface area contributed by atoms with Crippen LogP contribution in [0.4, 0.5) is 0 Å². The van der Waals surface area contributed by atoms with Gasteiger partial charge in [0.05, 0.1) is 0 Å². The first kappa shape index (κ1) is 33.6. The molecule has 0 aliphatic rings. The van der Waals surface area contributed by atoms with E-state index in [1.54, 1.807) is 0 Å². The van der Waals surface area contributed by atoms with Crippen LogP contribution in [0.5, 0.6) is 0 Å². The summed E-state index contributed by atoms with van der Waals surface area (Å²) in [5.74, 6) is 0. The molecule has 2 unspecified atom stereocenters. The molecule has 224 valence electrons. The van der Waals surface area contributed by atoms with Crippen LogP contribution in [-0.2, 0) is 17.6 Å². The van der Waals surface area contributed by atoms with Gasteiger partial charge in [-0.05, 0) is 72.4 Å². The van der Waals surface area contributed by atoms with Crippen molar-refractivity contribution in [1.82, 2.24) is 9.80 Å². The topological polar surface area (TPSA) is 15.7 Å². The summed E-state index contributed by atoms with van der Waals surface area (Å²) in [6.45, 7) is 15.3. The Hall–Kier alpha value is -2.95. The Morgan fingerprint density at radius 1 is 0.476 bits per heavy atom. The highest BCUT2D eigenvalue weighted by atomic mass is 35.5. The molecular formula is C38H49ClN2O. The van der Waals surface area contributed by atoms with E-state index in [-0.39, 0.29) is 24.6 Å². The summed E-state index contributed by atoms with van der Waals surface area (Å²) in [4.78, 5) is 4.99. The summed E-state index contributed by atoms with van der Waals surface area (Å²) in [6.07, 6.45) is 1.62. The molecule has 42 heavy (non-hydrogen) atoms. The third-order valence-corrected chi connectivity index (χ3v) is 8.34. The SMILES string of the molecule is CCN(CC)CCc1ccccc1C(OC(c1ccccc1)c1ccccc1CCN(CC)CC)c1ccccc1.Cl. The molecule has 0 heterocycles. The highest BCUT2D eigenvalue weighted by molar-refractivity contribution is 5.85. The third kappa shape index (κ3) is 9.02. The van der Waals surface area contributed by atoms with Gasteiger partial charge in [0.25, 0.3) is 0 Å². The number of hydrogen-bond acceptors (Lipinski definition) is 3. The number of rotatable bonds is 16. The molecule has 2 atom stereocenters. The minimum atomic E-state index is -0.190. The predicted molar refractivity (Wildman–Crippen MR) is 181 cm³/mol. The molecule has 0 aliphatic heterocycles. The highest BCUT2D eigenvalue weighted by Crippen LogP contribution is 2.38. The van der Waals surface area contributed by atoms with Gasteiger partial charge in [0.2, 0.25) is 0 Å². The zero-order valence-electron chi connectivity index (χ0n) is 25.9. The molecule has 4 aromatic carbocycles. The summed E-state index contributed by atoms with van der Waals surface area (Å²) in [6, 6.07) is 39.3. The third-order valence-electron chi connectivity index (χ3n) is 8.34. The summed E-state index contributed by atoms with van der Waals surface area (Å²) < 4.78 is 7.37. The summed E-state index contributed by atoms with van der Waals surface area (Å²) >= 11 is 0. The zero-order chi connectivity index (χ0) is 28.9. The van der Waals surface area contributed by atoms with Gasteiger partial charge in [0, 0.05) is 13.1 Å². The standard InChI is InChI=1S/C38H48N2O.ClH/c1-5-39(6-2)29-27-31-19-15-17-25-35(31)37(33-21-11-9-12-22-33)41-38(34-23-13-10-14-24-34)36-26-18-16-20-32(36)28-30-40(7-3)8-4;/h9-26,37-38H,5-8,27-30H2,1-4H3;1H. The lowest BCUT2D eigenvalue weighted by molar-refractivity contribution is 0.0298. The molecular weight excluding hydrogens is 536 g/mol. The predicted octanol–water partition coefficient (Wildman–Crippen LogP) is 8.77. The van der Waals surface area contributed by atoms with Crippen LogP contribution in [0.2, 0.25) is 0 Å². The average Bonchev–Trinajstić information content (AvgIpc) is 3.04. The van der Waals surface area contributed by atoms with Crippen LogP contribution in [0.1, 0.15) is 73.3 Å². The maximum atomic E-state index is 7.37. The quantitative estimate of drug-likeness (QED) is 0.131. The van der Waals surface area contributed by atoms with Gasteiger partial charge in [0.1, 0.15) is 12.2 Å². The maximum Gasteiger partial charge on any atom is 0.109 e. The van der Waals surface area contributed by atoms with Gasteiger partial charge in [-0.2, -0.15) is 0 Å². The summed E-state index contributed by atoms with van der Waals surface area (Å²) in [5, 5.41) is 0. The van der Waals surface area contributed by atoms with Crippen LogP contribution < -0.4 is 0 Å². The van der Waals surface area contributed by atoms with Crippen LogP contribution in [0.25, 0.3) is 0 Å². The van der Waals surface area contributed by atoms with Crippen molar-refractivity contribution < 1.29 is 4.74 Å². The number of halogens is 1. The molecule has 4 heteroatoms. The molecule has 0 radical (unpaired) electrons. The number of nitrogens with zero attached hydrogens (tertiary/aromatic N) is 2. The van der Waals surface area contributed by atoms with E-state index in [0.717, 1.165) is 52.1 Å². The van der Waals surface area contributed by atoms with Gasteiger partial charge < -0.3 is 14.5 Å². The van der Waals surface area contributed by atoms with Gasteiger partial charge in [-0.1, -0.05) is 137 Å². The van der Waals surface area contributed by atoms with Crippen molar-refractivity contribution in [2.45, 2.75) is 52.7 Å². The van der Waals surface area contributed by atoms with E-state index >= 15 is 0 Å². The fourth-order valence-electron chi connectivity index (χ4n) is 5.73. The molecule has 0 spiro atoms. The molecule has 0 N–H and O–H groups in total. The molecule has 4 aromatic rings. The van der Waals surface area contributed by atoms with Gasteiger partial charge in [-0.3, -0.25) is 0 Å². The number of hydrogen-bond donors (Lipinski definition) is 0. The minimum Gasteiger partial charge on any atom is -0.356 e. The summed E-state index contributed by atoms with van der Waals surface area (Å²) in [7, 11) is 0. The molecule has 0 amide bonds. The first-order valence-electron chi connectivity index (χ1n) is 15.5. The van der Waals surface area contributed by atoms with Crippen LogP contribution in [-0.4, -0.2) is 49.1 Å². The normalized spacial score (nSPS) is 12.7. The maximum absolute atomic E-state index is 7.37. The number of ether oxygens (including phenoxy) is 1. The lowest BCUT2D eigenvalue weighted by Gasteiger charge is -2.30. The minimum absolute atomic E-state index is 0. The zero-order valence-corrected chi connectivity index (χ0v) is 26.7. The Morgan fingerprint density at radius 3 is 1.17 bits per heavy atom. The molecule has 0 aromatic heterocycles. The van der Waals surface area contributed by atoms with Crippen LogP contribution in [0, 0.1) is 0 Å². The van der Waals surface area contributed by atoms with Gasteiger partial charge >= 0.3 is 0 Å². The molecule has 0 aliphatic carbocycles. The van der Waals surface area contributed by atoms with E-state index in [4.69, 9.17) is 4.74 Å². The van der Waals surface area contributed by atoms with E-state index in [9.17, 15) is 0 Å². The van der Waals surface area contributed by atoms with Crippen molar-refractivity contribution >= 4 is 12.4 Å². The first-order valence-corrected chi connectivity index (χ1v) is 15.5. The van der Waals surface area contributed by atoms with Crippen LogP contribution >= 0.6 is 12.4 Å². The lowest BCUT2D eigenvalue weighted by Crippen LogP contribution is -2.26. The largest absolute Gasteiger partial charge is 0.356 e. The molecule has 0 saturated carbocycles. The fraction of sp³-hybridized carbons (Fsp3) is 0.368. The van der Waals surface area contributed by atoms with Crippen molar-refractivity contribution in [2.24, 2.45) is 0 Å². The van der Waals surface area contributed by atoms with Crippen molar-refractivity contribution in [3.05, 3.63) is 143 Å². The smallest absolute Gasteiger partial charge is 0.109 e. The van der Waals surface area contributed by atoms with E-state index in [0.29, 0.717) is 0 Å². The molecule has 0 fully saturated rings. The molecule has 4 rings (SSSR count). The first-order chi connectivity index (χ1) is 20.2. The Bertz CT molecular complexity index is 1190. The molecule has 0 bridgehead atoms. The second-order valence-corrected chi connectivity index (χ2v) is 10.7. The number of benzene rings is 4. The van der Waals surface area contributed by atoms with Gasteiger partial charge in [0.15, 0.2) is 0 Å². The van der Waals surface area contributed by atoms with Gasteiger partial charge in [-0.25, -0.2) is 0 Å². The second-order valence-electron chi connectivity index (χ2n) is 10.7. The van der Waals surface area contributed by atoms with E-state index in [1.165, 1.54) is 33.4 Å². The fourth-order valence-corrected chi connectivity index (χ4v) is 5.73. The van der Waals surface area contributed by atoms with Crippen molar-refractivity contribution in [3.63, 3.8) is 0 Å². The second kappa shape index (κ2) is 17.9. The molecule has 3 nitrogen and oxygen atoms in total. The Morgan fingerprint density at radius 2 is 0.810 bits per heavy atom. The Balaban J connectivity index is 0.00000484. The highest BCUT2D eigenvalue weighted by Gasteiger charge is 2.26. The monoisotopic (exact) mass is 584 g/mol. The van der Waals surface area contributed by atoms with E-state index in [1.807, 2.05) is 0 Å². The van der Waals surface area contributed by atoms with Crippen molar-refractivity contribution in [2.75, 3.05) is 39.3 Å². The number of likely N-dealkylation sites (N-methyl/N-ethyl adjacent to an activating group) is 2. The van der Waals surface area contributed by atoms with Crippen LogP contribution in [0.15, 0.2) is 109 Å². The molecule has 0 saturated heterocycles. The van der Waals surface area contributed by atoms with Crippen molar-refractivity contribution in [3.8, 4) is 0 Å². The Kier molecular flexibility index (Phi) is 14.3. The van der Waals surface area contributed by atoms with E-state index < -0.39 is 0 Å². The Labute approximate surface area is 260 Å². The van der Waals surface area contributed by atoms with E-state index in [2.05, 4.69) is 147 Å². The van der Waals surface area contributed by atoms with Crippen LogP contribution in [0.3, 0.4) is 0 Å².